The second kappa shape index (κ2) is 9.52. The van der Waals surface area contributed by atoms with Crippen LogP contribution >= 0.6 is 30.2 Å². The van der Waals surface area contributed by atoms with Crippen LogP contribution < -0.4 is 10.4 Å². The zero-order chi connectivity index (χ0) is 20.9. The summed E-state index contributed by atoms with van der Waals surface area (Å²) in [5, 5.41) is 16.8. The summed E-state index contributed by atoms with van der Waals surface area (Å²) in [6.45, 7) is 7.81. The highest BCUT2D eigenvalue weighted by Crippen LogP contribution is 2.48. The zero-order valence-electron chi connectivity index (χ0n) is 16.5. The van der Waals surface area contributed by atoms with E-state index in [1.807, 2.05) is 56.7 Å². The molecule has 0 saturated heterocycles. The number of aryl methyl sites for hydroxylation is 2. The molecule has 0 saturated carbocycles. The smallest absolute Gasteiger partial charge is 0.348 e. The number of hydrogen-bond acceptors (Lipinski definition) is 5. The quantitative estimate of drug-likeness (QED) is 0.437. The Morgan fingerprint density at radius 1 is 1.18 bits per heavy atom. The number of carboxylic acids is 1. The van der Waals surface area contributed by atoms with Gasteiger partial charge in [-0.05, 0) is 48.4 Å². The van der Waals surface area contributed by atoms with E-state index in [2.05, 4.69) is 5.09 Å². The third kappa shape index (κ3) is 4.73. The third-order valence-corrected chi connectivity index (χ3v) is 7.97. The molecule has 0 fully saturated rings. The van der Waals surface area contributed by atoms with Crippen LogP contribution in [0.5, 0.6) is 0 Å². The van der Waals surface area contributed by atoms with Gasteiger partial charge in [0, 0.05) is 17.6 Å². The number of carboxylic acid groups (broad SMARTS) is 1. The summed E-state index contributed by atoms with van der Waals surface area (Å²) in [4.78, 5) is 12.6. The summed E-state index contributed by atoms with van der Waals surface area (Å²) in [5.41, 5.74) is 3.12. The van der Waals surface area contributed by atoms with Crippen LogP contribution in [0, 0.1) is 13.8 Å². The first kappa shape index (κ1) is 22.4. The number of anilines is 1. The van der Waals surface area contributed by atoms with E-state index in [1.165, 1.54) is 18.4 Å². The summed E-state index contributed by atoms with van der Waals surface area (Å²) in [6.07, 6.45) is 0. The second-order valence-electron chi connectivity index (χ2n) is 5.81. The van der Waals surface area contributed by atoms with Crippen molar-refractivity contribution in [1.29, 1.82) is 0 Å². The Kier molecular flexibility index (Phi) is 7.61. The van der Waals surface area contributed by atoms with Crippen LogP contribution in [0.2, 0.25) is 0 Å². The van der Waals surface area contributed by atoms with E-state index < -0.39 is 13.5 Å². The molecule has 0 aliphatic rings. The molecule has 8 heteroatoms. The fourth-order valence-corrected chi connectivity index (χ4v) is 6.13. The molecule has 1 unspecified atom stereocenters. The topological polar surface area (TPSA) is 75.6 Å². The molecule has 3 aromatic rings. The van der Waals surface area contributed by atoms with Crippen LogP contribution in [0.15, 0.2) is 41.1 Å². The lowest BCUT2D eigenvalue weighted by Crippen LogP contribution is -2.17. The number of hydrogen-bond donors (Lipinski definition) is 2. The lowest BCUT2D eigenvalue weighted by molar-refractivity contribution is 0.0703. The SMILES string of the molecule is CC.COP(=O)(Nc1cc(-c2ccsc2)sc1C(=O)O)c1ccc(C)cc1C. The molecule has 1 atom stereocenters. The molecule has 0 aliphatic carbocycles. The Morgan fingerprint density at radius 2 is 1.89 bits per heavy atom. The molecular formula is C20H24NO4PS2. The van der Waals surface area contributed by atoms with Gasteiger partial charge in [-0.1, -0.05) is 31.5 Å². The maximum absolute atomic E-state index is 13.4. The molecule has 1 aromatic carbocycles. The van der Waals surface area contributed by atoms with Gasteiger partial charge >= 0.3 is 13.5 Å². The van der Waals surface area contributed by atoms with Crippen molar-refractivity contribution in [1.82, 2.24) is 0 Å². The Labute approximate surface area is 173 Å². The molecule has 0 amide bonds. The molecule has 2 heterocycles. The number of rotatable bonds is 6. The van der Waals surface area contributed by atoms with Gasteiger partial charge in [0.1, 0.15) is 4.88 Å². The molecule has 0 spiro atoms. The average Bonchev–Trinajstić information content (AvgIpc) is 3.32. The molecule has 0 aliphatic heterocycles. The Balaban J connectivity index is 0.00000136. The van der Waals surface area contributed by atoms with E-state index in [1.54, 1.807) is 12.1 Å². The number of nitrogens with one attached hydrogen (secondary N) is 1. The van der Waals surface area contributed by atoms with Crippen LogP contribution in [0.1, 0.15) is 34.6 Å². The Morgan fingerprint density at radius 3 is 2.43 bits per heavy atom. The normalized spacial score (nSPS) is 12.6. The minimum absolute atomic E-state index is 0.105. The molecule has 2 N–H and O–H groups in total. The molecule has 0 bridgehead atoms. The fourth-order valence-electron chi connectivity index (χ4n) is 2.68. The lowest BCUT2D eigenvalue weighted by Gasteiger charge is -2.20. The maximum Gasteiger partial charge on any atom is 0.348 e. The van der Waals surface area contributed by atoms with Gasteiger partial charge in [0.05, 0.1) is 11.0 Å². The summed E-state index contributed by atoms with van der Waals surface area (Å²) < 4.78 is 18.8. The van der Waals surface area contributed by atoms with E-state index in [4.69, 9.17) is 4.52 Å². The van der Waals surface area contributed by atoms with Crippen LogP contribution in [-0.4, -0.2) is 18.2 Å². The van der Waals surface area contributed by atoms with E-state index in [0.717, 1.165) is 32.9 Å². The second-order valence-corrected chi connectivity index (χ2v) is 9.81. The van der Waals surface area contributed by atoms with Gasteiger partial charge in [-0.15, -0.1) is 11.3 Å². The molecule has 150 valence electrons. The van der Waals surface area contributed by atoms with Crippen molar-refractivity contribution in [3.8, 4) is 10.4 Å². The minimum Gasteiger partial charge on any atom is -0.477 e. The number of aromatic carboxylic acids is 1. The lowest BCUT2D eigenvalue weighted by atomic mass is 10.2. The van der Waals surface area contributed by atoms with Crippen molar-refractivity contribution < 1.29 is 19.0 Å². The predicted octanol–water partition coefficient (Wildman–Crippen LogP) is 6.39. The van der Waals surface area contributed by atoms with Crippen molar-refractivity contribution in [3.63, 3.8) is 0 Å². The molecule has 3 rings (SSSR count). The van der Waals surface area contributed by atoms with Crippen molar-refractivity contribution in [2.75, 3.05) is 12.2 Å². The highest BCUT2D eigenvalue weighted by atomic mass is 32.1. The van der Waals surface area contributed by atoms with Crippen molar-refractivity contribution in [2.24, 2.45) is 0 Å². The first-order chi connectivity index (χ1) is 13.3. The van der Waals surface area contributed by atoms with Gasteiger partial charge in [-0.2, -0.15) is 11.3 Å². The molecule has 0 radical (unpaired) electrons. The molecule has 5 nitrogen and oxygen atoms in total. The average molecular weight is 438 g/mol. The summed E-state index contributed by atoms with van der Waals surface area (Å²) in [7, 11) is -2.11. The summed E-state index contributed by atoms with van der Waals surface area (Å²) >= 11 is 2.68. The van der Waals surface area contributed by atoms with Gasteiger partial charge in [-0.25, -0.2) is 4.79 Å². The Bertz CT molecular complexity index is 996. The third-order valence-electron chi connectivity index (χ3n) is 3.93. The molecular weight excluding hydrogens is 413 g/mol. The van der Waals surface area contributed by atoms with Gasteiger partial charge in [0.15, 0.2) is 0 Å². The van der Waals surface area contributed by atoms with Crippen LogP contribution in [0.25, 0.3) is 10.4 Å². The predicted molar refractivity (Wildman–Crippen MR) is 120 cm³/mol. The van der Waals surface area contributed by atoms with Crippen LogP contribution in [-0.2, 0) is 9.09 Å². The fraction of sp³-hybridized carbons (Fsp3) is 0.250. The highest BCUT2D eigenvalue weighted by molar-refractivity contribution is 7.68. The van der Waals surface area contributed by atoms with Gasteiger partial charge < -0.3 is 14.7 Å². The van der Waals surface area contributed by atoms with Crippen molar-refractivity contribution >= 4 is 47.2 Å². The highest BCUT2D eigenvalue weighted by Gasteiger charge is 2.30. The van der Waals surface area contributed by atoms with Gasteiger partial charge in [-0.3, -0.25) is 4.57 Å². The van der Waals surface area contributed by atoms with E-state index in [9.17, 15) is 14.5 Å². The van der Waals surface area contributed by atoms with E-state index in [-0.39, 0.29) is 4.88 Å². The first-order valence-electron chi connectivity index (χ1n) is 8.75. The molecule has 28 heavy (non-hydrogen) atoms. The van der Waals surface area contributed by atoms with E-state index in [0.29, 0.717) is 11.0 Å². The standard InChI is InChI=1S/C18H18NO4PS2.C2H6/c1-11-4-5-15(12(2)8-11)24(22,23-3)19-14-9-16(13-6-7-25-10-13)26-17(14)18(20)21;1-2/h4-10H,1-3H3,(H,19,22)(H,20,21);1-2H3. The minimum atomic E-state index is -3.47. The largest absolute Gasteiger partial charge is 0.477 e. The molecule has 2 aromatic heterocycles. The van der Waals surface area contributed by atoms with Crippen LogP contribution in [0.4, 0.5) is 5.69 Å². The van der Waals surface area contributed by atoms with Crippen molar-refractivity contribution in [2.45, 2.75) is 27.7 Å². The van der Waals surface area contributed by atoms with E-state index >= 15 is 0 Å². The maximum atomic E-state index is 13.4. The number of benzene rings is 1. The monoisotopic (exact) mass is 437 g/mol. The van der Waals surface area contributed by atoms with Gasteiger partial charge in [0.25, 0.3) is 0 Å². The summed E-state index contributed by atoms with van der Waals surface area (Å²) in [5.74, 6) is -1.07. The van der Waals surface area contributed by atoms with Gasteiger partial charge in [0.2, 0.25) is 0 Å². The zero-order valence-corrected chi connectivity index (χ0v) is 19.0. The number of carbonyl (C=O) groups is 1. The van der Waals surface area contributed by atoms with Crippen LogP contribution in [0.3, 0.4) is 0 Å². The first-order valence-corrected chi connectivity index (χ1v) is 12.1. The summed E-state index contributed by atoms with van der Waals surface area (Å²) in [6, 6.07) is 9.18. The number of thiophene rings is 2. The Hall–Kier alpha value is -1.92. The van der Waals surface area contributed by atoms with Crippen molar-refractivity contribution in [3.05, 3.63) is 57.1 Å².